The molecule has 0 aliphatic heterocycles. The molecule has 0 saturated heterocycles. The molecule has 0 amide bonds. The average Bonchev–Trinajstić information content (AvgIpc) is 3.14. The Bertz CT molecular complexity index is 1220. The number of nitrogens with zero attached hydrogens (tertiary/aromatic N) is 1. The van der Waals surface area contributed by atoms with Gasteiger partial charge in [-0.25, -0.2) is 4.98 Å². The van der Waals surface area contributed by atoms with Crippen molar-refractivity contribution in [3.8, 4) is 11.4 Å². The molecule has 2 aromatic carbocycles. The normalized spacial score (nSPS) is 19.7. The van der Waals surface area contributed by atoms with Gasteiger partial charge in [0.2, 0.25) is 0 Å². The van der Waals surface area contributed by atoms with Crippen molar-refractivity contribution in [2.45, 2.75) is 37.8 Å². The maximum atomic E-state index is 13.1. The smallest absolute Gasteiger partial charge is 0.261 e. The van der Waals surface area contributed by atoms with E-state index in [1.165, 1.54) is 0 Å². The third-order valence-corrected chi connectivity index (χ3v) is 5.88. The van der Waals surface area contributed by atoms with Crippen molar-refractivity contribution >= 4 is 39.2 Å². The van der Waals surface area contributed by atoms with E-state index < -0.39 is 0 Å². The number of aromatic amines is 2. The first-order valence-corrected chi connectivity index (χ1v) is 10.2. The number of hydrogen-bond donors (Lipinski definition) is 4. The van der Waals surface area contributed by atoms with Crippen LogP contribution in [0.4, 0.5) is 5.69 Å². The number of hydrogen-bond acceptors (Lipinski definition) is 4. The molecule has 1 saturated carbocycles. The highest BCUT2D eigenvalue weighted by Crippen LogP contribution is 2.34. The molecule has 4 aromatic rings. The van der Waals surface area contributed by atoms with Crippen LogP contribution in [0.15, 0.2) is 47.3 Å². The van der Waals surface area contributed by atoms with Gasteiger partial charge in [0.05, 0.1) is 28.3 Å². The molecule has 0 atom stereocenters. The van der Waals surface area contributed by atoms with E-state index >= 15 is 0 Å². The summed E-state index contributed by atoms with van der Waals surface area (Å²) in [5.41, 5.74) is 3.39. The number of rotatable bonds is 3. The van der Waals surface area contributed by atoms with Gasteiger partial charge in [0.15, 0.2) is 0 Å². The molecule has 6 nitrogen and oxygen atoms in total. The first kappa shape index (κ1) is 18.2. The fourth-order valence-corrected chi connectivity index (χ4v) is 4.31. The van der Waals surface area contributed by atoms with Crippen molar-refractivity contribution in [3.63, 3.8) is 0 Å². The Morgan fingerprint density at radius 2 is 1.83 bits per heavy atom. The maximum Gasteiger partial charge on any atom is 0.261 e. The van der Waals surface area contributed by atoms with Crippen LogP contribution < -0.4 is 10.9 Å². The highest BCUT2D eigenvalue weighted by molar-refractivity contribution is 6.31. The van der Waals surface area contributed by atoms with E-state index in [-0.39, 0.29) is 17.7 Å². The molecule has 2 aromatic heterocycles. The molecule has 5 rings (SSSR count). The molecular formula is C22H21ClN4O2. The fraction of sp³-hybridized carbons (Fsp3) is 0.273. The minimum atomic E-state index is -0.242. The van der Waals surface area contributed by atoms with Crippen LogP contribution in [0.3, 0.4) is 0 Å². The highest BCUT2D eigenvalue weighted by Gasteiger charge is 2.24. The number of fused-ring (bicyclic) bond motifs is 2. The largest absolute Gasteiger partial charge is 0.393 e. The average molecular weight is 409 g/mol. The van der Waals surface area contributed by atoms with E-state index in [0.717, 1.165) is 53.3 Å². The summed E-state index contributed by atoms with van der Waals surface area (Å²) in [5.74, 6) is 0.521. The number of aliphatic hydroxyl groups is 1. The molecule has 4 N–H and O–H groups in total. The Hall–Kier alpha value is -2.83. The molecule has 0 bridgehead atoms. The van der Waals surface area contributed by atoms with Gasteiger partial charge < -0.3 is 20.4 Å². The fourth-order valence-electron chi connectivity index (χ4n) is 4.14. The summed E-state index contributed by atoms with van der Waals surface area (Å²) in [6, 6.07) is 13.3. The lowest BCUT2D eigenvalue weighted by molar-refractivity contribution is 0.126. The van der Waals surface area contributed by atoms with Crippen LogP contribution in [-0.2, 0) is 0 Å². The van der Waals surface area contributed by atoms with Gasteiger partial charge in [0, 0.05) is 16.5 Å². The Balaban J connectivity index is 1.71. The minimum absolute atomic E-state index is 0.172. The van der Waals surface area contributed by atoms with Crippen molar-refractivity contribution in [2.75, 3.05) is 5.32 Å². The lowest BCUT2D eigenvalue weighted by Crippen LogP contribution is -2.29. The predicted molar refractivity (Wildman–Crippen MR) is 117 cm³/mol. The summed E-state index contributed by atoms with van der Waals surface area (Å²) in [7, 11) is 0. The molecule has 2 heterocycles. The first-order chi connectivity index (χ1) is 14.1. The number of benzene rings is 2. The van der Waals surface area contributed by atoms with Crippen LogP contribution in [0.25, 0.3) is 33.3 Å². The molecule has 148 valence electrons. The van der Waals surface area contributed by atoms with Crippen LogP contribution in [0.5, 0.6) is 0 Å². The van der Waals surface area contributed by atoms with Gasteiger partial charge in [-0.1, -0.05) is 23.7 Å². The summed E-state index contributed by atoms with van der Waals surface area (Å²) in [6.07, 6.45) is 2.94. The Labute approximate surface area is 171 Å². The van der Waals surface area contributed by atoms with Gasteiger partial charge in [-0.15, -0.1) is 0 Å². The molecule has 0 unspecified atom stereocenters. The Kier molecular flexibility index (Phi) is 4.53. The third-order valence-electron chi connectivity index (χ3n) is 5.65. The van der Waals surface area contributed by atoms with Crippen molar-refractivity contribution in [3.05, 3.63) is 57.8 Å². The number of anilines is 1. The summed E-state index contributed by atoms with van der Waals surface area (Å²) >= 11 is 6.28. The number of aromatic nitrogens is 3. The van der Waals surface area contributed by atoms with Gasteiger partial charge in [-0.2, -0.15) is 0 Å². The van der Waals surface area contributed by atoms with Crippen LogP contribution in [0, 0.1) is 0 Å². The Morgan fingerprint density at radius 3 is 2.62 bits per heavy atom. The Morgan fingerprint density at radius 1 is 1.03 bits per heavy atom. The van der Waals surface area contributed by atoms with Crippen molar-refractivity contribution in [1.82, 2.24) is 15.0 Å². The number of H-pyrrole nitrogens is 2. The van der Waals surface area contributed by atoms with Crippen LogP contribution in [-0.4, -0.2) is 32.2 Å². The number of para-hydroxylation sites is 2. The van der Waals surface area contributed by atoms with E-state index in [9.17, 15) is 9.90 Å². The van der Waals surface area contributed by atoms with Crippen molar-refractivity contribution < 1.29 is 5.11 Å². The molecule has 29 heavy (non-hydrogen) atoms. The summed E-state index contributed by atoms with van der Waals surface area (Å²) in [5, 5.41) is 14.9. The van der Waals surface area contributed by atoms with Crippen molar-refractivity contribution in [2.24, 2.45) is 0 Å². The van der Waals surface area contributed by atoms with Crippen molar-refractivity contribution in [1.29, 1.82) is 0 Å². The SMILES string of the molecule is O=c1[nH]c2ccc(Cl)cc2c(NC2CCC(O)CC2)c1-c1nc2ccccc2[nH]1. The second-order valence-corrected chi connectivity index (χ2v) is 8.08. The number of halogens is 1. The quantitative estimate of drug-likeness (QED) is 0.403. The summed E-state index contributed by atoms with van der Waals surface area (Å²) < 4.78 is 0. The highest BCUT2D eigenvalue weighted by atomic mass is 35.5. The van der Waals surface area contributed by atoms with Gasteiger partial charge in [-0.05, 0) is 56.0 Å². The van der Waals surface area contributed by atoms with E-state index in [1.807, 2.05) is 36.4 Å². The van der Waals surface area contributed by atoms with Gasteiger partial charge in [0.25, 0.3) is 5.56 Å². The van der Waals surface area contributed by atoms with E-state index in [4.69, 9.17) is 11.6 Å². The lowest BCUT2D eigenvalue weighted by Gasteiger charge is -2.28. The standard InChI is InChI=1S/C22H21ClN4O2/c23-12-5-10-16-15(11-12)20(24-13-6-8-14(28)9-7-13)19(22(29)27-16)21-25-17-3-1-2-4-18(17)26-21/h1-5,10-11,13-14,28H,6-9H2,(H,25,26)(H2,24,27,29). The maximum absolute atomic E-state index is 13.1. The van der Waals surface area contributed by atoms with Crippen LogP contribution >= 0.6 is 11.6 Å². The molecular weight excluding hydrogens is 388 g/mol. The third kappa shape index (κ3) is 3.39. The van der Waals surface area contributed by atoms with E-state index in [0.29, 0.717) is 16.4 Å². The monoisotopic (exact) mass is 408 g/mol. The summed E-state index contributed by atoms with van der Waals surface area (Å²) in [6.45, 7) is 0. The lowest BCUT2D eigenvalue weighted by atomic mass is 9.92. The first-order valence-electron chi connectivity index (χ1n) is 9.84. The van der Waals surface area contributed by atoms with Gasteiger partial charge in [0.1, 0.15) is 11.4 Å². The minimum Gasteiger partial charge on any atom is -0.393 e. The van der Waals surface area contributed by atoms with Crippen LogP contribution in [0.2, 0.25) is 5.02 Å². The zero-order valence-electron chi connectivity index (χ0n) is 15.7. The zero-order valence-corrected chi connectivity index (χ0v) is 16.5. The predicted octanol–water partition coefficient (Wildman–Crippen LogP) is 4.44. The van der Waals surface area contributed by atoms with E-state index in [2.05, 4.69) is 20.3 Å². The second kappa shape index (κ2) is 7.21. The molecule has 0 radical (unpaired) electrons. The van der Waals surface area contributed by atoms with E-state index in [1.54, 1.807) is 6.07 Å². The second-order valence-electron chi connectivity index (χ2n) is 7.65. The summed E-state index contributed by atoms with van der Waals surface area (Å²) in [4.78, 5) is 24.0. The zero-order chi connectivity index (χ0) is 20.0. The molecule has 1 aliphatic rings. The van der Waals surface area contributed by atoms with Gasteiger partial charge >= 0.3 is 0 Å². The molecule has 1 aliphatic carbocycles. The van der Waals surface area contributed by atoms with Crippen LogP contribution in [0.1, 0.15) is 25.7 Å². The topological polar surface area (TPSA) is 93.8 Å². The molecule has 1 fully saturated rings. The number of pyridine rings is 1. The van der Waals surface area contributed by atoms with Gasteiger partial charge in [-0.3, -0.25) is 4.79 Å². The number of imidazole rings is 1. The number of nitrogens with one attached hydrogen (secondary N) is 3. The molecule has 0 spiro atoms. The molecule has 7 heteroatoms. The number of aliphatic hydroxyl groups excluding tert-OH is 1.